The van der Waals surface area contributed by atoms with Gasteiger partial charge in [-0.3, -0.25) is 0 Å². The first kappa shape index (κ1) is 18.1. The topological polar surface area (TPSA) is 17.1 Å². The zero-order valence-electron chi connectivity index (χ0n) is 12.8. The third kappa shape index (κ3) is 17.1. The zero-order valence-corrected chi connectivity index (χ0v) is 12.8. The van der Waals surface area contributed by atoms with Crippen molar-refractivity contribution in [3.63, 3.8) is 0 Å². The summed E-state index contributed by atoms with van der Waals surface area (Å²) in [5.74, 6) is 0. The summed E-state index contributed by atoms with van der Waals surface area (Å²) in [5, 5.41) is 0. The van der Waals surface area contributed by atoms with Crippen LogP contribution in [0.4, 0.5) is 0 Å². The highest BCUT2D eigenvalue weighted by molar-refractivity contribution is 5.48. The largest absolute Gasteiger partial charge is 0.303 e. The molecular formula is C18H32O. The summed E-state index contributed by atoms with van der Waals surface area (Å²) in [6.45, 7) is 2.23. The average molecular weight is 264 g/mol. The molecule has 0 bridgehead atoms. The first-order chi connectivity index (χ1) is 9.41. The molecule has 0 fully saturated rings. The Morgan fingerprint density at radius 3 is 1.63 bits per heavy atom. The van der Waals surface area contributed by atoms with E-state index in [9.17, 15) is 4.79 Å². The third-order valence-electron chi connectivity index (χ3n) is 3.30. The highest BCUT2D eigenvalue weighted by Gasteiger charge is 1.90. The molecule has 0 atom stereocenters. The number of rotatable bonds is 14. The second-order valence-electron chi connectivity index (χ2n) is 5.22. The fraction of sp³-hybridized carbons (Fsp3) is 0.722. The number of carbonyl (C=O) groups is 1. The van der Waals surface area contributed by atoms with Gasteiger partial charge in [0.1, 0.15) is 6.29 Å². The van der Waals surface area contributed by atoms with Gasteiger partial charge in [0.05, 0.1) is 0 Å². The fourth-order valence-corrected chi connectivity index (χ4v) is 2.05. The van der Waals surface area contributed by atoms with Gasteiger partial charge in [-0.2, -0.15) is 0 Å². The lowest BCUT2D eigenvalue weighted by Gasteiger charge is -1.99. The molecule has 1 nitrogen and oxygen atoms in total. The number of allylic oxidation sites excluding steroid dienone is 4. The summed E-state index contributed by atoms with van der Waals surface area (Å²) in [7, 11) is 0. The van der Waals surface area contributed by atoms with Crippen LogP contribution in [0.15, 0.2) is 24.3 Å². The lowest BCUT2D eigenvalue weighted by Crippen LogP contribution is -1.81. The van der Waals surface area contributed by atoms with Crippen molar-refractivity contribution in [1.29, 1.82) is 0 Å². The van der Waals surface area contributed by atoms with Crippen LogP contribution in [0, 0.1) is 0 Å². The van der Waals surface area contributed by atoms with Gasteiger partial charge in [0.15, 0.2) is 0 Å². The van der Waals surface area contributed by atoms with Gasteiger partial charge in [0.25, 0.3) is 0 Å². The predicted molar refractivity (Wildman–Crippen MR) is 85.4 cm³/mol. The van der Waals surface area contributed by atoms with E-state index in [4.69, 9.17) is 0 Å². The first-order valence-corrected chi connectivity index (χ1v) is 8.17. The van der Waals surface area contributed by atoms with Crippen LogP contribution < -0.4 is 0 Å². The van der Waals surface area contributed by atoms with Gasteiger partial charge in [-0.25, -0.2) is 0 Å². The second kappa shape index (κ2) is 17.2. The van der Waals surface area contributed by atoms with E-state index in [1.54, 1.807) is 0 Å². The monoisotopic (exact) mass is 264 g/mol. The number of unbranched alkanes of at least 4 members (excludes halogenated alkanes) is 10. The molecule has 0 aromatic heterocycles. The molecule has 0 aliphatic rings. The Morgan fingerprint density at radius 1 is 0.632 bits per heavy atom. The lowest BCUT2D eigenvalue weighted by molar-refractivity contribution is -0.107. The summed E-state index contributed by atoms with van der Waals surface area (Å²) in [6, 6.07) is 0. The second-order valence-corrected chi connectivity index (χ2v) is 5.22. The highest BCUT2D eigenvalue weighted by atomic mass is 16.1. The Kier molecular flexibility index (Phi) is 16.4. The maximum Gasteiger partial charge on any atom is 0.119 e. The molecule has 0 amide bonds. The lowest BCUT2D eigenvalue weighted by atomic mass is 10.1. The summed E-state index contributed by atoms with van der Waals surface area (Å²) in [4.78, 5) is 10.1. The molecule has 0 aliphatic carbocycles. The molecule has 0 aromatic carbocycles. The summed E-state index contributed by atoms with van der Waals surface area (Å²) in [6.07, 6.45) is 24.6. The average Bonchev–Trinajstić information content (AvgIpc) is 2.43. The van der Waals surface area contributed by atoms with E-state index in [1.807, 2.05) is 0 Å². The van der Waals surface area contributed by atoms with E-state index in [2.05, 4.69) is 31.2 Å². The molecule has 1 heteroatoms. The number of hydrogen-bond donors (Lipinski definition) is 0. The van der Waals surface area contributed by atoms with Crippen LogP contribution in [0.5, 0.6) is 0 Å². The van der Waals surface area contributed by atoms with E-state index in [1.165, 1.54) is 64.2 Å². The van der Waals surface area contributed by atoms with Gasteiger partial charge in [-0.05, 0) is 25.7 Å². The Balaban J connectivity index is 3.11. The first-order valence-electron chi connectivity index (χ1n) is 8.17. The van der Waals surface area contributed by atoms with E-state index in [-0.39, 0.29) is 0 Å². The van der Waals surface area contributed by atoms with Gasteiger partial charge in [0, 0.05) is 6.42 Å². The van der Waals surface area contributed by atoms with E-state index in [0.29, 0.717) is 0 Å². The number of carbonyl (C=O) groups excluding carboxylic acids is 1. The van der Waals surface area contributed by atoms with Crippen LogP contribution in [0.3, 0.4) is 0 Å². The van der Waals surface area contributed by atoms with Crippen molar-refractivity contribution < 1.29 is 4.79 Å². The van der Waals surface area contributed by atoms with E-state index < -0.39 is 0 Å². The van der Waals surface area contributed by atoms with E-state index in [0.717, 1.165) is 19.1 Å². The molecule has 0 aromatic rings. The van der Waals surface area contributed by atoms with Crippen LogP contribution in [0.25, 0.3) is 0 Å². The quantitative estimate of drug-likeness (QED) is 0.214. The van der Waals surface area contributed by atoms with Crippen LogP contribution in [0.2, 0.25) is 0 Å². The Labute approximate surface area is 120 Å². The fourth-order valence-electron chi connectivity index (χ4n) is 2.05. The molecule has 19 heavy (non-hydrogen) atoms. The highest BCUT2D eigenvalue weighted by Crippen LogP contribution is 2.09. The van der Waals surface area contributed by atoms with Gasteiger partial charge < -0.3 is 4.79 Å². The maximum atomic E-state index is 10.1. The molecule has 0 rings (SSSR count). The Bertz CT molecular complexity index is 228. The van der Waals surface area contributed by atoms with Gasteiger partial charge in [-0.15, -0.1) is 0 Å². The third-order valence-corrected chi connectivity index (χ3v) is 3.30. The van der Waals surface area contributed by atoms with Crippen molar-refractivity contribution in [2.45, 2.75) is 84.0 Å². The maximum absolute atomic E-state index is 10.1. The molecule has 0 N–H and O–H groups in total. The van der Waals surface area contributed by atoms with Crippen molar-refractivity contribution in [3.05, 3.63) is 24.3 Å². The molecule has 0 saturated heterocycles. The van der Waals surface area contributed by atoms with Crippen LogP contribution in [-0.4, -0.2) is 6.29 Å². The van der Waals surface area contributed by atoms with Crippen molar-refractivity contribution in [1.82, 2.24) is 0 Å². The van der Waals surface area contributed by atoms with Crippen molar-refractivity contribution in [2.75, 3.05) is 0 Å². The summed E-state index contributed by atoms with van der Waals surface area (Å²) < 4.78 is 0. The molecule has 0 unspecified atom stereocenters. The van der Waals surface area contributed by atoms with Gasteiger partial charge in [0.2, 0.25) is 0 Å². The molecule has 0 spiro atoms. The van der Waals surface area contributed by atoms with Crippen LogP contribution >= 0.6 is 0 Å². The minimum absolute atomic E-state index is 0.747. The SMILES string of the molecule is CCCCC=CC=CCCCCCCCCCC=O. The summed E-state index contributed by atoms with van der Waals surface area (Å²) >= 11 is 0. The van der Waals surface area contributed by atoms with E-state index >= 15 is 0 Å². The predicted octanol–water partition coefficient (Wildman–Crippen LogP) is 6.00. The molecule has 0 saturated carbocycles. The molecule has 0 radical (unpaired) electrons. The smallest absolute Gasteiger partial charge is 0.119 e. The standard InChI is InChI=1S/C18H32O/c1-2-3-4-5-6-7-8-9-10-11-12-13-14-15-16-17-18-19/h5-8,18H,2-4,9-17H2,1H3. The minimum atomic E-state index is 0.747. The zero-order chi connectivity index (χ0) is 14.0. The molecule has 110 valence electrons. The summed E-state index contributed by atoms with van der Waals surface area (Å²) in [5.41, 5.74) is 0. The van der Waals surface area contributed by atoms with Crippen LogP contribution in [0.1, 0.15) is 84.0 Å². The molecule has 0 aliphatic heterocycles. The van der Waals surface area contributed by atoms with Gasteiger partial charge in [-0.1, -0.05) is 76.2 Å². The number of aldehydes is 1. The molecular weight excluding hydrogens is 232 g/mol. The normalized spacial score (nSPS) is 11.6. The van der Waals surface area contributed by atoms with Gasteiger partial charge >= 0.3 is 0 Å². The number of hydrogen-bond acceptors (Lipinski definition) is 1. The van der Waals surface area contributed by atoms with Crippen molar-refractivity contribution in [2.24, 2.45) is 0 Å². The Morgan fingerprint density at radius 2 is 1.11 bits per heavy atom. The molecule has 0 heterocycles. The van der Waals surface area contributed by atoms with Crippen molar-refractivity contribution >= 4 is 6.29 Å². The van der Waals surface area contributed by atoms with Crippen molar-refractivity contribution in [3.8, 4) is 0 Å². The van der Waals surface area contributed by atoms with Crippen LogP contribution in [-0.2, 0) is 4.79 Å². The Hall–Kier alpha value is -0.850. The minimum Gasteiger partial charge on any atom is -0.303 e.